The van der Waals surface area contributed by atoms with Crippen LogP contribution in [-0.2, 0) is 0 Å². The van der Waals surface area contributed by atoms with Crippen LogP contribution in [0.5, 0.6) is 0 Å². The number of rotatable bonds is 6. The Labute approximate surface area is 210 Å². The average molecular weight is 465 g/mol. The van der Waals surface area contributed by atoms with Gasteiger partial charge in [-0.15, -0.1) is 0 Å². The Morgan fingerprint density at radius 3 is 1.75 bits per heavy atom. The number of ketones is 1. The van der Waals surface area contributed by atoms with Crippen LogP contribution in [0, 0.1) is 0 Å². The molecule has 2 heteroatoms. The molecule has 0 saturated carbocycles. The molecule has 6 aromatic rings. The Bertz CT molecular complexity index is 1620. The van der Waals surface area contributed by atoms with Crippen LogP contribution in [0.3, 0.4) is 0 Å². The lowest BCUT2D eigenvalue weighted by atomic mass is 9.84. The highest BCUT2D eigenvalue weighted by molar-refractivity contribution is 6.05. The predicted molar refractivity (Wildman–Crippen MR) is 146 cm³/mol. The second-order valence-corrected chi connectivity index (χ2v) is 8.87. The smallest absolute Gasteiger partial charge is 0.174 e. The van der Waals surface area contributed by atoms with Gasteiger partial charge in [0, 0.05) is 22.1 Å². The van der Waals surface area contributed by atoms with Gasteiger partial charge in [-0.05, 0) is 28.8 Å². The Balaban J connectivity index is 1.58. The van der Waals surface area contributed by atoms with E-state index in [2.05, 4.69) is 30.3 Å². The first-order chi connectivity index (χ1) is 17.8. The molecule has 0 bridgehead atoms. The van der Waals surface area contributed by atoms with E-state index in [-0.39, 0.29) is 5.78 Å². The second kappa shape index (κ2) is 9.52. The second-order valence-electron chi connectivity index (χ2n) is 8.87. The summed E-state index contributed by atoms with van der Waals surface area (Å²) >= 11 is 0. The molecule has 0 saturated heterocycles. The van der Waals surface area contributed by atoms with Gasteiger partial charge in [0.15, 0.2) is 5.78 Å². The molecular formula is C34H24O2. The molecule has 0 aliphatic heterocycles. The van der Waals surface area contributed by atoms with Crippen LogP contribution in [0.15, 0.2) is 144 Å². The summed E-state index contributed by atoms with van der Waals surface area (Å²) in [6, 6.07) is 46.2. The lowest BCUT2D eigenvalue weighted by molar-refractivity contribution is 0.0974. The van der Waals surface area contributed by atoms with E-state index in [9.17, 15) is 4.79 Å². The lowest BCUT2D eigenvalue weighted by Crippen LogP contribution is -2.14. The number of Topliss-reactive ketones (excluding diaryl/α,β-unsaturated/α-hetero) is 1. The van der Waals surface area contributed by atoms with Crippen LogP contribution < -0.4 is 0 Å². The van der Waals surface area contributed by atoms with E-state index in [1.807, 2.05) is 109 Å². The van der Waals surface area contributed by atoms with Gasteiger partial charge < -0.3 is 4.42 Å². The number of carbonyl (C=O) groups excluding carboxylic acids is 1. The highest BCUT2D eigenvalue weighted by atomic mass is 16.3. The first kappa shape index (κ1) is 21.8. The van der Waals surface area contributed by atoms with Gasteiger partial charge >= 0.3 is 0 Å². The topological polar surface area (TPSA) is 30.2 Å². The highest BCUT2D eigenvalue weighted by Crippen LogP contribution is 2.42. The van der Waals surface area contributed by atoms with E-state index in [1.54, 1.807) is 0 Å². The third kappa shape index (κ3) is 4.03. The molecule has 1 heterocycles. The van der Waals surface area contributed by atoms with Gasteiger partial charge in [-0.3, -0.25) is 4.79 Å². The first-order valence-electron chi connectivity index (χ1n) is 12.1. The minimum absolute atomic E-state index is 0.0780. The van der Waals surface area contributed by atoms with Crippen LogP contribution in [0.2, 0.25) is 0 Å². The van der Waals surface area contributed by atoms with Crippen molar-refractivity contribution in [2.75, 3.05) is 0 Å². The molecule has 0 spiro atoms. The standard InChI is InChI=1S/C34H24O2/c35-33(26-17-9-3-10-18-26)31(24-13-5-1-6-14-24)28-21-22-30-29(23-28)32(25-15-7-2-8-16-25)34(36-30)27-19-11-4-12-20-27/h1-23,31H. The fourth-order valence-electron chi connectivity index (χ4n) is 4.89. The van der Waals surface area contributed by atoms with Crippen molar-refractivity contribution < 1.29 is 9.21 Å². The summed E-state index contributed by atoms with van der Waals surface area (Å²) in [4.78, 5) is 13.8. The molecule has 1 atom stereocenters. The minimum Gasteiger partial charge on any atom is -0.455 e. The third-order valence-corrected chi connectivity index (χ3v) is 6.60. The van der Waals surface area contributed by atoms with Gasteiger partial charge in [-0.25, -0.2) is 0 Å². The maximum absolute atomic E-state index is 13.8. The third-order valence-electron chi connectivity index (χ3n) is 6.60. The van der Waals surface area contributed by atoms with Crippen LogP contribution in [0.1, 0.15) is 27.4 Å². The zero-order valence-corrected chi connectivity index (χ0v) is 19.7. The number of hydrogen-bond acceptors (Lipinski definition) is 2. The molecular weight excluding hydrogens is 440 g/mol. The molecule has 6 rings (SSSR count). The van der Waals surface area contributed by atoms with Crippen molar-refractivity contribution in [1.82, 2.24) is 0 Å². The van der Waals surface area contributed by atoms with E-state index >= 15 is 0 Å². The normalized spacial score (nSPS) is 11.9. The predicted octanol–water partition coefficient (Wildman–Crippen LogP) is 8.78. The van der Waals surface area contributed by atoms with Crippen molar-refractivity contribution in [1.29, 1.82) is 0 Å². The SMILES string of the molecule is O=C(c1ccccc1)C(c1ccccc1)c1ccc2oc(-c3ccccc3)c(-c3ccccc3)c2c1. The maximum atomic E-state index is 13.8. The summed E-state index contributed by atoms with van der Waals surface area (Å²) in [7, 11) is 0. The molecule has 1 unspecified atom stereocenters. The number of fused-ring (bicyclic) bond motifs is 1. The van der Waals surface area contributed by atoms with Gasteiger partial charge in [0.05, 0.1) is 5.92 Å². The van der Waals surface area contributed by atoms with Crippen molar-refractivity contribution in [3.05, 3.63) is 156 Å². The molecule has 172 valence electrons. The lowest BCUT2D eigenvalue weighted by Gasteiger charge is -2.17. The number of carbonyl (C=O) groups is 1. The quantitative estimate of drug-likeness (QED) is 0.231. The summed E-state index contributed by atoms with van der Waals surface area (Å²) < 4.78 is 6.44. The molecule has 5 aromatic carbocycles. The molecule has 1 aromatic heterocycles. The van der Waals surface area contributed by atoms with E-state index < -0.39 is 5.92 Å². The Morgan fingerprint density at radius 2 is 1.11 bits per heavy atom. The average Bonchev–Trinajstić information content (AvgIpc) is 3.34. The van der Waals surface area contributed by atoms with Crippen molar-refractivity contribution >= 4 is 16.8 Å². The van der Waals surface area contributed by atoms with Crippen LogP contribution >= 0.6 is 0 Å². The fraction of sp³-hybridized carbons (Fsp3) is 0.0294. The van der Waals surface area contributed by atoms with Crippen molar-refractivity contribution in [2.45, 2.75) is 5.92 Å². The van der Waals surface area contributed by atoms with Crippen LogP contribution in [0.25, 0.3) is 33.4 Å². The fourth-order valence-corrected chi connectivity index (χ4v) is 4.89. The molecule has 0 amide bonds. The summed E-state index contributed by atoms with van der Waals surface area (Å²) in [5.41, 5.74) is 6.56. The molecule has 2 nitrogen and oxygen atoms in total. The minimum atomic E-state index is -0.420. The Morgan fingerprint density at radius 1 is 0.556 bits per heavy atom. The van der Waals surface area contributed by atoms with Crippen molar-refractivity contribution in [3.8, 4) is 22.5 Å². The van der Waals surface area contributed by atoms with Crippen LogP contribution in [-0.4, -0.2) is 5.78 Å². The molecule has 0 aliphatic carbocycles. The van der Waals surface area contributed by atoms with Gasteiger partial charge in [-0.1, -0.05) is 127 Å². The molecule has 0 N–H and O–H groups in total. The van der Waals surface area contributed by atoms with Gasteiger partial charge in [0.2, 0.25) is 0 Å². The number of benzene rings is 5. The summed E-state index contributed by atoms with van der Waals surface area (Å²) in [6.45, 7) is 0. The zero-order chi connectivity index (χ0) is 24.3. The van der Waals surface area contributed by atoms with Gasteiger partial charge in [0.1, 0.15) is 11.3 Å². The van der Waals surface area contributed by atoms with E-state index in [0.29, 0.717) is 5.56 Å². The zero-order valence-electron chi connectivity index (χ0n) is 19.7. The molecule has 0 aliphatic rings. The van der Waals surface area contributed by atoms with E-state index in [4.69, 9.17) is 4.42 Å². The number of hydrogen-bond donors (Lipinski definition) is 0. The maximum Gasteiger partial charge on any atom is 0.174 e. The summed E-state index contributed by atoms with van der Waals surface area (Å²) in [5, 5.41) is 0.999. The molecule has 36 heavy (non-hydrogen) atoms. The monoisotopic (exact) mass is 464 g/mol. The molecule has 0 radical (unpaired) electrons. The Hall–Kier alpha value is -4.69. The van der Waals surface area contributed by atoms with Gasteiger partial charge in [-0.2, -0.15) is 0 Å². The molecule has 0 fully saturated rings. The van der Waals surface area contributed by atoms with Crippen molar-refractivity contribution in [3.63, 3.8) is 0 Å². The van der Waals surface area contributed by atoms with E-state index in [1.165, 1.54) is 0 Å². The largest absolute Gasteiger partial charge is 0.455 e. The van der Waals surface area contributed by atoms with Crippen LogP contribution in [0.4, 0.5) is 0 Å². The van der Waals surface area contributed by atoms with Gasteiger partial charge in [0.25, 0.3) is 0 Å². The first-order valence-corrected chi connectivity index (χ1v) is 12.1. The summed E-state index contributed by atoms with van der Waals surface area (Å²) in [5.74, 6) is 0.491. The van der Waals surface area contributed by atoms with E-state index in [0.717, 1.165) is 44.5 Å². The highest BCUT2D eigenvalue weighted by Gasteiger charge is 2.26. The summed E-state index contributed by atoms with van der Waals surface area (Å²) in [6.07, 6.45) is 0. The number of furan rings is 1. The Kier molecular flexibility index (Phi) is 5.77. The van der Waals surface area contributed by atoms with Crippen molar-refractivity contribution in [2.24, 2.45) is 0 Å².